The molecule has 0 saturated carbocycles. The maximum atomic E-state index is 12.1. The minimum atomic E-state index is -0.628. The molecular formula is C26H31N7O6. The highest BCUT2D eigenvalue weighted by Crippen LogP contribution is 2.40. The minimum absolute atomic E-state index is 0.0457. The summed E-state index contributed by atoms with van der Waals surface area (Å²) in [7, 11) is 0. The van der Waals surface area contributed by atoms with Crippen molar-refractivity contribution in [1.29, 1.82) is 0 Å². The molecule has 13 heteroatoms. The lowest BCUT2D eigenvalue weighted by Crippen LogP contribution is -2.38. The van der Waals surface area contributed by atoms with E-state index in [0.717, 1.165) is 5.56 Å². The van der Waals surface area contributed by atoms with Gasteiger partial charge < -0.3 is 29.6 Å². The van der Waals surface area contributed by atoms with E-state index in [0.29, 0.717) is 30.9 Å². The molecule has 3 N–H and O–H groups in total. The maximum Gasteiger partial charge on any atom is 0.320 e. The molecule has 0 radical (unpaired) electrons. The maximum absolute atomic E-state index is 12.1. The third-order valence-electron chi connectivity index (χ3n) is 6.24. The van der Waals surface area contributed by atoms with Crippen LogP contribution in [-0.2, 0) is 23.7 Å². The second-order valence-corrected chi connectivity index (χ2v) is 8.87. The van der Waals surface area contributed by atoms with Crippen LogP contribution < -0.4 is 16.0 Å². The van der Waals surface area contributed by atoms with E-state index in [1.54, 1.807) is 17.8 Å². The molecule has 2 saturated heterocycles. The van der Waals surface area contributed by atoms with Crippen molar-refractivity contribution in [3.05, 3.63) is 54.6 Å². The summed E-state index contributed by atoms with van der Waals surface area (Å²) in [5.41, 5.74) is 1.89. The van der Waals surface area contributed by atoms with Gasteiger partial charge in [0, 0.05) is 13.1 Å². The first-order valence-electron chi connectivity index (χ1n) is 12.9. The van der Waals surface area contributed by atoms with Crippen LogP contribution in [0.5, 0.6) is 0 Å². The number of rotatable bonds is 10. The molecule has 13 nitrogen and oxygen atoms in total. The summed E-state index contributed by atoms with van der Waals surface area (Å²) in [6.45, 7) is 4.74. The number of anilines is 1. The van der Waals surface area contributed by atoms with Gasteiger partial charge in [-0.2, -0.15) is 0 Å². The molecule has 5 rings (SSSR count). The van der Waals surface area contributed by atoms with E-state index in [4.69, 9.17) is 18.9 Å². The summed E-state index contributed by atoms with van der Waals surface area (Å²) >= 11 is 0. The Hall–Kier alpha value is -3.91. The number of amides is 2. The second-order valence-electron chi connectivity index (χ2n) is 8.87. The zero-order valence-electron chi connectivity index (χ0n) is 21.6. The summed E-state index contributed by atoms with van der Waals surface area (Å²) in [4.78, 5) is 36.9. The molecule has 0 bridgehead atoms. The molecule has 2 aliphatic heterocycles. The minimum Gasteiger partial charge on any atom is -0.465 e. The SMILES string of the molecule is CCNC(=O)Nc1ncnc2c1ncn2C1OC(CNCC(=O)OCC)C2O[C@H](C=Cc3ccccc3)OC21. The van der Waals surface area contributed by atoms with Gasteiger partial charge in [0.2, 0.25) is 0 Å². The highest BCUT2D eigenvalue weighted by molar-refractivity contribution is 5.95. The van der Waals surface area contributed by atoms with Crippen molar-refractivity contribution in [2.24, 2.45) is 0 Å². The van der Waals surface area contributed by atoms with E-state index in [9.17, 15) is 9.59 Å². The molecule has 1 aromatic carbocycles. The van der Waals surface area contributed by atoms with Gasteiger partial charge in [0.1, 0.15) is 24.6 Å². The molecule has 3 aromatic rings. The van der Waals surface area contributed by atoms with E-state index in [-0.39, 0.29) is 18.3 Å². The first-order valence-corrected chi connectivity index (χ1v) is 12.9. The number of ether oxygens (including phenoxy) is 4. The van der Waals surface area contributed by atoms with Crippen LogP contribution in [-0.4, -0.2) is 82.4 Å². The molecule has 206 valence electrons. The predicted octanol–water partition coefficient (Wildman–Crippen LogP) is 1.84. The highest BCUT2D eigenvalue weighted by Gasteiger charge is 2.53. The fraction of sp³-hybridized carbons (Fsp3) is 0.423. The number of urea groups is 1. The summed E-state index contributed by atoms with van der Waals surface area (Å²) in [6.07, 6.45) is 4.15. The molecule has 0 aliphatic carbocycles. The fourth-order valence-corrected chi connectivity index (χ4v) is 4.56. The molecule has 4 heterocycles. The number of nitrogens with one attached hydrogen (secondary N) is 3. The smallest absolute Gasteiger partial charge is 0.320 e. The largest absolute Gasteiger partial charge is 0.465 e. The van der Waals surface area contributed by atoms with Gasteiger partial charge in [-0.15, -0.1) is 0 Å². The molecule has 0 spiro atoms. The molecule has 39 heavy (non-hydrogen) atoms. The van der Waals surface area contributed by atoms with Crippen molar-refractivity contribution in [2.75, 3.05) is 31.6 Å². The number of hydrogen-bond donors (Lipinski definition) is 3. The summed E-state index contributed by atoms with van der Waals surface area (Å²) in [5.74, 6) is -0.0699. The molecule has 5 atom stereocenters. The van der Waals surface area contributed by atoms with Crippen LogP contribution in [0.1, 0.15) is 25.6 Å². The van der Waals surface area contributed by atoms with Crippen LogP contribution in [0, 0.1) is 0 Å². The Morgan fingerprint density at radius 1 is 1.08 bits per heavy atom. The standard InChI is InChI=1S/C26H31N7O6/c1-3-28-26(35)32-23-20-24(30-14-29-23)33(15-31-20)25-22-21(17(37-25)12-27-13-18(34)36-4-2)38-19(39-22)11-10-16-8-6-5-7-9-16/h5-11,14-15,17,19,21-22,25,27H,3-4,12-13H2,1-2H3,(H2,28,29,30,32,35)/t17?,19-,21?,22?,25?/m0/s1. The van der Waals surface area contributed by atoms with Crippen molar-refractivity contribution in [2.45, 2.75) is 44.7 Å². The summed E-state index contributed by atoms with van der Waals surface area (Å²) in [5, 5.41) is 8.45. The zero-order chi connectivity index (χ0) is 27.2. The number of carbonyl (C=O) groups is 2. The number of nitrogens with zero attached hydrogens (tertiary/aromatic N) is 4. The average molecular weight is 538 g/mol. The van der Waals surface area contributed by atoms with E-state index in [2.05, 4.69) is 30.9 Å². The van der Waals surface area contributed by atoms with Gasteiger partial charge in [0.05, 0.1) is 19.5 Å². The van der Waals surface area contributed by atoms with Crippen LogP contribution >= 0.6 is 0 Å². The van der Waals surface area contributed by atoms with Gasteiger partial charge in [-0.1, -0.05) is 36.4 Å². The van der Waals surface area contributed by atoms with Crippen LogP contribution in [0.25, 0.3) is 17.2 Å². The number of benzene rings is 1. The van der Waals surface area contributed by atoms with E-state index < -0.39 is 36.9 Å². The van der Waals surface area contributed by atoms with E-state index in [1.165, 1.54) is 6.33 Å². The summed E-state index contributed by atoms with van der Waals surface area (Å²) in [6, 6.07) is 9.46. The Balaban J connectivity index is 1.37. The number of esters is 1. The monoisotopic (exact) mass is 537 g/mol. The topological polar surface area (TPSA) is 151 Å². The average Bonchev–Trinajstić information content (AvgIpc) is 3.63. The van der Waals surface area contributed by atoms with Gasteiger partial charge in [0.25, 0.3) is 0 Å². The third kappa shape index (κ3) is 6.06. The van der Waals surface area contributed by atoms with Gasteiger partial charge >= 0.3 is 12.0 Å². The van der Waals surface area contributed by atoms with Crippen molar-refractivity contribution in [1.82, 2.24) is 30.2 Å². The third-order valence-corrected chi connectivity index (χ3v) is 6.24. The van der Waals surface area contributed by atoms with Crippen LogP contribution in [0.15, 0.2) is 49.1 Å². The zero-order valence-corrected chi connectivity index (χ0v) is 21.6. The number of fused-ring (bicyclic) bond motifs is 2. The first kappa shape index (κ1) is 26.7. The Morgan fingerprint density at radius 2 is 1.90 bits per heavy atom. The Kier molecular flexibility index (Phi) is 8.42. The van der Waals surface area contributed by atoms with Crippen molar-refractivity contribution < 1.29 is 28.5 Å². The first-order chi connectivity index (χ1) is 19.1. The van der Waals surface area contributed by atoms with E-state index in [1.807, 2.05) is 49.4 Å². The number of aromatic nitrogens is 4. The Morgan fingerprint density at radius 3 is 2.69 bits per heavy atom. The molecule has 2 fully saturated rings. The Bertz CT molecular complexity index is 1320. The summed E-state index contributed by atoms with van der Waals surface area (Å²) < 4.78 is 25.6. The number of carbonyl (C=O) groups excluding carboxylic acids is 2. The molecular weight excluding hydrogens is 506 g/mol. The Labute approximate surface area is 224 Å². The van der Waals surface area contributed by atoms with Crippen LogP contribution in [0.2, 0.25) is 0 Å². The van der Waals surface area contributed by atoms with Crippen LogP contribution in [0.4, 0.5) is 10.6 Å². The number of hydrogen-bond acceptors (Lipinski definition) is 10. The lowest BCUT2D eigenvalue weighted by Gasteiger charge is -2.20. The van der Waals surface area contributed by atoms with Gasteiger partial charge in [0.15, 0.2) is 29.5 Å². The molecule has 2 aromatic heterocycles. The quantitative estimate of drug-likeness (QED) is 0.327. The van der Waals surface area contributed by atoms with Gasteiger partial charge in [-0.25, -0.2) is 19.7 Å². The predicted molar refractivity (Wildman–Crippen MR) is 140 cm³/mol. The fourth-order valence-electron chi connectivity index (χ4n) is 4.56. The normalized spacial score (nSPS) is 24.2. The van der Waals surface area contributed by atoms with Crippen molar-refractivity contribution in [3.63, 3.8) is 0 Å². The molecule has 2 aliphatic rings. The number of imidazole rings is 1. The highest BCUT2D eigenvalue weighted by atomic mass is 16.8. The van der Waals surface area contributed by atoms with Gasteiger partial charge in [-0.3, -0.25) is 14.7 Å². The lowest BCUT2D eigenvalue weighted by molar-refractivity contribution is -0.142. The van der Waals surface area contributed by atoms with Crippen molar-refractivity contribution in [3.8, 4) is 0 Å². The lowest BCUT2D eigenvalue weighted by atomic mass is 10.1. The van der Waals surface area contributed by atoms with Crippen molar-refractivity contribution >= 4 is 35.1 Å². The molecule has 2 amide bonds. The van der Waals surface area contributed by atoms with Crippen LogP contribution in [0.3, 0.4) is 0 Å². The van der Waals surface area contributed by atoms with Gasteiger partial charge in [-0.05, 0) is 25.5 Å². The van der Waals surface area contributed by atoms with E-state index >= 15 is 0 Å². The molecule has 4 unspecified atom stereocenters. The second kappa shape index (κ2) is 12.3.